The lowest BCUT2D eigenvalue weighted by Crippen LogP contribution is -2.17. The van der Waals surface area contributed by atoms with Crippen LogP contribution in [-0.4, -0.2) is 16.3 Å². The second kappa shape index (κ2) is 5.01. The summed E-state index contributed by atoms with van der Waals surface area (Å²) >= 11 is 0. The van der Waals surface area contributed by atoms with E-state index in [4.69, 9.17) is 10.5 Å². The number of nitrogen functional groups attached to an aromatic ring is 1. The highest BCUT2D eigenvalue weighted by Gasteiger charge is 2.32. The average molecular weight is 271 g/mol. The van der Waals surface area contributed by atoms with Gasteiger partial charge in [0.05, 0.1) is 0 Å². The third-order valence-corrected chi connectivity index (χ3v) is 1.97. The molecule has 8 heteroatoms. The Morgan fingerprint density at radius 3 is 2.26 bits per heavy atom. The second-order valence-electron chi connectivity index (χ2n) is 3.34. The molecule has 0 bridgehead atoms. The van der Waals surface area contributed by atoms with Crippen molar-refractivity contribution in [3.8, 4) is 17.4 Å². The molecule has 0 saturated heterocycles. The Labute approximate surface area is 105 Å². The summed E-state index contributed by atoms with van der Waals surface area (Å²) < 4.78 is 45.6. The molecule has 5 nitrogen and oxygen atoms in total. The number of hydrogen-bond acceptors (Lipinski definition) is 5. The maximum atomic E-state index is 12.2. The average Bonchev–Trinajstić information content (AvgIpc) is 2.33. The zero-order chi connectivity index (χ0) is 13.9. The quantitative estimate of drug-likeness (QED) is 0.929. The fraction of sp³-hybridized carbons (Fsp3) is 0.0909. The number of benzene rings is 1. The van der Waals surface area contributed by atoms with Crippen molar-refractivity contribution in [2.24, 2.45) is 0 Å². The van der Waals surface area contributed by atoms with Crippen molar-refractivity contribution in [1.29, 1.82) is 0 Å². The molecule has 0 aliphatic heterocycles. The van der Waals surface area contributed by atoms with Crippen LogP contribution in [0, 0.1) is 0 Å². The van der Waals surface area contributed by atoms with Crippen molar-refractivity contribution in [1.82, 2.24) is 9.97 Å². The third-order valence-electron chi connectivity index (χ3n) is 1.97. The molecule has 0 spiro atoms. The van der Waals surface area contributed by atoms with Crippen LogP contribution in [-0.2, 0) is 0 Å². The van der Waals surface area contributed by atoms with Gasteiger partial charge >= 0.3 is 6.36 Å². The van der Waals surface area contributed by atoms with E-state index in [9.17, 15) is 13.2 Å². The molecule has 2 rings (SSSR count). The topological polar surface area (TPSA) is 70.3 Å². The molecule has 0 aliphatic rings. The molecule has 2 N–H and O–H groups in total. The van der Waals surface area contributed by atoms with Crippen LogP contribution < -0.4 is 15.2 Å². The van der Waals surface area contributed by atoms with E-state index < -0.39 is 12.1 Å². The molecule has 2 aromatic rings. The SMILES string of the molecule is Nc1nccnc1Oc1ccccc1OC(F)(F)F. The summed E-state index contributed by atoms with van der Waals surface area (Å²) in [5, 5.41) is 0. The minimum atomic E-state index is -4.81. The first kappa shape index (κ1) is 12.9. The van der Waals surface area contributed by atoms with E-state index in [1.54, 1.807) is 0 Å². The van der Waals surface area contributed by atoms with Gasteiger partial charge in [0.25, 0.3) is 5.88 Å². The van der Waals surface area contributed by atoms with Crippen LogP contribution in [0.1, 0.15) is 0 Å². The van der Waals surface area contributed by atoms with Gasteiger partial charge in [-0.15, -0.1) is 13.2 Å². The van der Waals surface area contributed by atoms with Crippen molar-refractivity contribution < 1.29 is 22.6 Å². The first-order chi connectivity index (χ1) is 8.96. The minimum absolute atomic E-state index is 0.0377. The van der Waals surface area contributed by atoms with Crippen molar-refractivity contribution >= 4 is 5.82 Å². The fourth-order valence-corrected chi connectivity index (χ4v) is 1.26. The van der Waals surface area contributed by atoms with Crippen LogP contribution in [0.15, 0.2) is 36.7 Å². The molecule has 0 unspecified atom stereocenters. The van der Waals surface area contributed by atoms with Crippen LogP contribution in [0.2, 0.25) is 0 Å². The lowest BCUT2D eigenvalue weighted by atomic mass is 10.3. The Morgan fingerprint density at radius 2 is 1.63 bits per heavy atom. The highest BCUT2D eigenvalue weighted by atomic mass is 19.4. The third kappa shape index (κ3) is 3.47. The number of anilines is 1. The van der Waals surface area contributed by atoms with E-state index in [2.05, 4.69) is 14.7 Å². The summed E-state index contributed by atoms with van der Waals surface area (Å²) in [5.41, 5.74) is 5.48. The van der Waals surface area contributed by atoms with Crippen LogP contribution in [0.4, 0.5) is 19.0 Å². The predicted molar refractivity (Wildman–Crippen MR) is 59.6 cm³/mol. The molecule has 0 saturated carbocycles. The number of nitrogens with two attached hydrogens (primary N) is 1. The Hall–Kier alpha value is -2.51. The van der Waals surface area contributed by atoms with E-state index in [1.165, 1.54) is 30.6 Å². The molecule has 1 aromatic heterocycles. The zero-order valence-corrected chi connectivity index (χ0v) is 9.39. The number of para-hydroxylation sites is 2. The summed E-state index contributed by atoms with van der Waals surface area (Å²) in [6, 6.07) is 5.30. The van der Waals surface area contributed by atoms with Crippen LogP contribution in [0.3, 0.4) is 0 Å². The number of hydrogen-bond donors (Lipinski definition) is 1. The Morgan fingerprint density at radius 1 is 1.00 bits per heavy atom. The smallest absolute Gasteiger partial charge is 0.432 e. The monoisotopic (exact) mass is 271 g/mol. The van der Waals surface area contributed by atoms with Crippen LogP contribution in [0.25, 0.3) is 0 Å². The molecule has 100 valence electrons. The fourth-order valence-electron chi connectivity index (χ4n) is 1.26. The van der Waals surface area contributed by atoms with Gasteiger partial charge in [0, 0.05) is 12.4 Å². The molecular weight excluding hydrogens is 263 g/mol. The number of ether oxygens (including phenoxy) is 2. The number of aromatic nitrogens is 2. The van der Waals surface area contributed by atoms with Crippen molar-refractivity contribution in [2.45, 2.75) is 6.36 Å². The van der Waals surface area contributed by atoms with Gasteiger partial charge in [-0.25, -0.2) is 9.97 Å². The molecular formula is C11H8F3N3O2. The largest absolute Gasteiger partial charge is 0.573 e. The van der Waals surface area contributed by atoms with Gasteiger partial charge in [0.15, 0.2) is 17.3 Å². The van der Waals surface area contributed by atoms with Gasteiger partial charge in [-0.3, -0.25) is 0 Å². The maximum absolute atomic E-state index is 12.2. The van der Waals surface area contributed by atoms with Gasteiger partial charge < -0.3 is 15.2 Å². The first-order valence-electron chi connectivity index (χ1n) is 5.05. The number of alkyl halides is 3. The van der Waals surface area contributed by atoms with Crippen LogP contribution in [0.5, 0.6) is 17.4 Å². The lowest BCUT2D eigenvalue weighted by molar-refractivity contribution is -0.275. The molecule has 0 radical (unpaired) electrons. The second-order valence-corrected chi connectivity index (χ2v) is 3.34. The first-order valence-corrected chi connectivity index (χ1v) is 5.05. The summed E-state index contributed by atoms with van der Waals surface area (Å²) in [6.07, 6.45) is -2.17. The van der Waals surface area contributed by atoms with Gasteiger partial charge in [-0.2, -0.15) is 0 Å². The zero-order valence-electron chi connectivity index (χ0n) is 9.39. The van der Waals surface area contributed by atoms with Gasteiger partial charge in [0.1, 0.15) is 0 Å². The van der Waals surface area contributed by atoms with Crippen molar-refractivity contribution in [3.05, 3.63) is 36.7 Å². The van der Waals surface area contributed by atoms with Gasteiger partial charge in [-0.05, 0) is 12.1 Å². The molecule has 1 aromatic carbocycles. The number of halogens is 3. The summed E-state index contributed by atoms with van der Waals surface area (Å²) in [4.78, 5) is 7.47. The molecule has 0 aliphatic carbocycles. The van der Waals surface area contributed by atoms with E-state index in [1.807, 2.05) is 0 Å². The molecule has 0 atom stereocenters. The highest BCUT2D eigenvalue weighted by molar-refractivity contribution is 5.46. The standard InChI is InChI=1S/C11H8F3N3O2/c12-11(13,14)19-8-4-2-1-3-7(8)18-10-9(15)16-5-6-17-10/h1-6H,(H2,15,16). The van der Waals surface area contributed by atoms with E-state index in [0.717, 1.165) is 6.07 Å². The molecule has 19 heavy (non-hydrogen) atoms. The van der Waals surface area contributed by atoms with Gasteiger partial charge in [0.2, 0.25) is 0 Å². The Bertz CT molecular complexity index is 575. The number of nitrogens with zero attached hydrogens (tertiary/aromatic N) is 2. The normalized spacial score (nSPS) is 11.1. The predicted octanol–water partition coefficient (Wildman–Crippen LogP) is 2.75. The van der Waals surface area contributed by atoms with Crippen molar-refractivity contribution in [3.63, 3.8) is 0 Å². The molecule has 1 heterocycles. The molecule has 0 fully saturated rings. The number of rotatable bonds is 3. The minimum Gasteiger partial charge on any atom is -0.432 e. The lowest BCUT2D eigenvalue weighted by Gasteiger charge is -2.13. The van der Waals surface area contributed by atoms with Crippen LogP contribution >= 0.6 is 0 Å². The van der Waals surface area contributed by atoms with E-state index in [0.29, 0.717) is 0 Å². The van der Waals surface area contributed by atoms with E-state index in [-0.39, 0.29) is 17.4 Å². The van der Waals surface area contributed by atoms with E-state index >= 15 is 0 Å². The maximum Gasteiger partial charge on any atom is 0.573 e. The summed E-state index contributed by atoms with van der Waals surface area (Å²) in [7, 11) is 0. The molecule has 0 amide bonds. The van der Waals surface area contributed by atoms with Gasteiger partial charge in [-0.1, -0.05) is 12.1 Å². The Kier molecular flexibility index (Phi) is 3.41. The Balaban J connectivity index is 2.28. The highest BCUT2D eigenvalue weighted by Crippen LogP contribution is 2.35. The van der Waals surface area contributed by atoms with Crippen molar-refractivity contribution in [2.75, 3.05) is 5.73 Å². The summed E-state index contributed by atoms with van der Waals surface area (Å²) in [5.74, 6) is -0.780. The summed E-state index contributed by atoms with van der Waals surface area (Å²) in [6.45, 7) is 0.